The highest BCUT2D eigenvalue weighted by atomic mass is 79.9. The third-order valence-corrected chi connectivity index (χ3v) is 2.71. The van der Waals surface area contributed by atoms with Gasteiger partial charge in [0.25, 0.3) is 0 Å². The summed E-state index contributed by atoms with van der Waals surface area (Å²) in [7, 11) is 1.63. The van der Waals surface area contributed by atoms with Crippen LogP contribution in [0.3, 0.4) is 0 Å². The number of nitrogens with zero attached hydrogens (tertiary/aromatic N) is 1. The number of hydrogen-bond donors (Lipinski definition) is 0. The molecule has 0 aliphatic rings. The molecule has 0 N–H and O–H groups in total. The molecule has 0 saturated heterocycles. The summed E-state index contributed by atoms with van der Waals surface area (Å²) in [6.45, 7) is 1.82. The van der Waals surface area contributed by atoms with E-state index in [2.05, 4.69) is 20.9 Å². The van der Waals surface area contributed by atoms with Crippen LogP contribution in [-0.4, -0.2) is 12.1 Å². The number of aryl methyl sites for hydroxylation is 1. The van der Waals surface area contributed by atoms with Crippen LogP contribution >= 0.6 is 15.9 Å². The van der Waals surface area contributed by atoms with Crippen LogP contribution in [0.1, 0.15) is 5.89 Å². The van der Waals surface area contributed by atoms with Crippen molar-refractivity contribution in [3.05, 3.63) is 34.8 Å². The monoisotopic (exact) mass is 267 g/mol. The van der Waals surface area contributed by atoms with E-state index in [4.69, 9.17) is 9.15 Å². The molecule has 1 aromatic carbocycles. The highest BCUT2D eigenvalue weighted by Gasteiger charge is 2.07. The molecule has 0 unspecified atom stereocenters. The zero-order chi connectivity index (χ0) is 10.8. The SMILES string of the molecule is COc1cc(-c2cnc(C)o2)ccc1Br. The molecule has 0 spiro atoms. The van der Waals surface area contributed by atoms with Gasteiger partial charge in [-0.05, 0) is 34.1 Å². The molecule has 0 bridgehead atoms. The fraction of sp³-hybridized carbons (Fsp3) is 0.182. The summed E-state index contributed by atoms with van der Waals surface area (Å²) in [4.78, 5) is 4.05. The minimum absolute atomic E-state index is 0.659. The maximum absolute atomic E-state index is 5.43. The van der Waals surface area contributed by atoms with E-state index in [0.29, 0.717) is 5.89 Å². The Labute approximate surface area is 96.2 Å². The number of halogens is 1. The average molecular weight is 268 g/mol. The van der Waals surface area contributed by atoms with E-state index in [1.165, 1.54) is 0 Å². The van der Waals surface area contributed by atoms with Gasteiger partial charge in [-0.2, -0.15) is 0 Å². The molecule has 0 aliphatic heterocycles. The van der Waals surface area contributed by atoms with Crippen LogP contribution in [-0.2, 0) is 0 Å². The number of benzene rings is 1. The van der Waals surface area contributed by atoms with Gasteiger partial charge in [0, 0.05) is 12.5 Å². The van der Waals surface area contributed by atoms with Crippen molar-refractivity contribution < 1.29 is 9.15 Å². The fourth-order valence-corrected chi connectivity index (χ4v) is 1.72. The zero-order valence-electron chi connectivity index (χ0n) is 8.45. The first-order valence-electron chi connectivity index (χ1n) is 4.47. The summed E-state index contributed by atoms with van der Waals surface area (Å²) in [6, 6.07) is 5.78. The van der Waals surface area contributed by atoms with Gasteiger partial charge in [0.1, 0.15) is 5.75 Å². The Morgan fingerprint density at radius 1 is 1.40 bits per heavy atom. The molecule has 0 fully saturated rings. The number of ether oxygens (including phenoxy) is 1. The molecule has 1 heterocycles. The van der Waals surface area contributed by atoms with Gasteiger partial charge in [0.05, 0.1) is 17.8 Å². The largest absolute Gasteiger partial charge is 0.496 e. The highest BCUT2D eigenvalue weighted by Crippen LogP contribution is 2.30. The molecule has 2 aromatic rings. The van der Waals surface area contributed by atoms with Crippen molar-refractivity contribution in [1.29, 1.82) is 0 Å². The van der Waals surface area contributed by atoms with Gasteiger partial charge in [-0.3, -0.25) is 0 Å². The Morgan fingerprint density at radius 3 is 2.80 bits per heavy atom. The first kappa shape index (κ1) is 10.2. The van der Waals surface area contributed by atoms with E-state index < -0.39 is 0 Å². The fourth-order valence-electron chi connectivity index (χ4n) is 1.31. The second-order valence-corrected chi connectivity index (χ2v) is 3.95. The number of rotatable bonds is 2. The van der Waals surface area contributed by atoms with E-state index >= 15 is 0 Å². The van der Waals surface area contributed by atoms with Crippen molar-refractivity contribution in [3.63, 3.8) is 0 Å². The Hall–Kier alpha value is -1.29. The van der Waals surface area contributed by atoms with Gasteiger partial charge in [-0.15, -0.1) is 0 Å². The summed E-state index contributed by atoms with van der Waals surface area (Å²) >= 11 is 3.40. The lowest BCUT2D eigenvalue weighted by molar-refractivity contribution is 0.412. The lowest BCUT2D eigenvalue weighted by Crippen LogP contribution is -1.84. The van der Waals surface area contributed by atoms with Crippen molar-refractivity contribution >= 4 is 15.9 Å². The lowest BCUT2D eigenvalue weighted by Gasteiger charge is -2.04. The number of aromatic nitrogens is 1. The molecule has 0 amide bonds. The molecule has 0 atom stereocenters. The van der Waals surface area contributed by atoms with Crippen LogP contribution in [0.5, 0.6) is 5.75 Å². The third-order valence-electron chi connectivity index (χ3n) is 2.06. The molecule has 78 valence electrons. The van der Waals surface area contributed by atoms with E-state index in [-0.39, 0.29) is 0 Å². The molecule has 2 rings (SSSR count). The van der Waals surface area contributed by atoms with E-state index in [1.807, 2.05) is 25.1 Å². The molecular formula is C11H10BrNO2. The van der Waals surface area contributed by atoms with Crippen molar-refractivity contribution in [2.24, 2.45) is 0 Å². The molecule has 1 aromatic heterocycles. The van der Waals surface area contributed by atoms with Gasteiger partial charge >= 0.3 is 0 Å². The van der Waals surface area contributed by atoms with Crippen molar-refractivity contribution in [1.82, 2.24) is 4.98 Å². The quantitative estimate of drug-likeness (QED) is 0.837. The van der Waals surface area contributed by atoms with Gasteiger partial charge in [0.15, 0.2) is 11.7 Å². The smallest absolute Gasteiger partial charge is 0.191 e. The summed E-state index contributed by atoms with van der Waals surface area (Å²) in [6.07, 6.45) is 1.71. The van der Waals surface area contributed by atoms with Crippen molar-refractivity contribution in [2.75, 3.05) is 7.11 Å². The van der Waals surface area contributed by atoms with E-state index in [9.17, 15) is 0 Å². The summed E-state index contributed by atoms with van der Waals surface area (Å²) < 4.78 is 11.6. The molecule has 0 radical (unpaired) electrons. The zero-order valence-corrected chi connectivity index (χ0v) is 10.0. The van der Waals surface area contributed by atoms with Crippen LogP contribution in [0.25, 0.3) is 11.3 Å². The van der Waals surface area contributed by atoms with Gasteiger partial charge in [-0.25, -0.2) is 4.98 Å². The summed E-state index contributed by atoms with van der Waals surface area (Å²) in [5.74, 6) is 2.19. The normalized spacial score (nSPS) is 10.3. The topological polar surface area (TPSA) is 35.3 Å². The maximum atomic E-state index is 5.43. The predicted molar refractivity (Wildman–Crippen MR) is 60.9 cm³/mol. The van der Waals surface area contributed by atoms with Crippen LogP contribution in [0.15, 0.2) is 33.3 Å². The first-order chi connectivity index (χ1) is 7.20. The molecular weight excluding hydrogens is 258 g/mol. The second kappa shape index (κ2) is 4.06. The van der Waals surface area contributed by atoms with Gasteiger partial charge in [0.2, 0.25) is 0 Å². The second-order valence-electron chi connectivity index (χ2n) is 3.09. The minimum atomic E-state index is 0.659. The molecule has 0 aliphatic carbocycles. The summed E-state index contributed by atoms with van der Waals surface area (Å²) in [5.41, 5.74) is 0.954. The minimum Gasteiger partial charge on any atom is -0.496 e. The molecule has 4 heteroatoms. The molecule has 0 saturated carbocycles. The first-order valence-corrected chi connectivity index (χ1v) is 5.26. The lowest BCUT2D eigenvalue weighted by atomic mass is 10.2. The predicted octanol–water partition coefficient (Wildman–Crippen LogP) is 3.42. The van der Waals surface area contributed by atoms with Gasteiger partial charge < -0.3 is 9.15 Å². The number of methoxy groups -OCH3 is 1. The van der Waals surface area contributed by atoms with Gasteiger partial charge in [-0.1, -0.05) is 0 Å². The highest BCUT2D eigenvalue weighted by molar-refractivity contribution is 9.10. The molecule has 15 heavy (non-hydrogen) atoms. The van der Waals surface area contributed by atoms with Crippen LogP contribution in [0.4, 0.5) is 0 Å². The van der Waals surface area contributed by atoms with E-state index in [1.54, 1.807) is 13.3 Å². The van der Waals surface area contributed by atoms with Crippen LogP contribution in [0.2, 0.25) is 0 Å². The van der Waals surface area contributed by atoms with Crippen LogP contribution in [0, 0.1) is 6.92 Å². The third kappa shape index (κ3) is 2.04. The van der Waals surface area contributed by atoms with E-state index in [0.717, 1.165) is 21.5 Å². The average Bonchev–Trinajstić information content (AvgIpc) is 2.66. The Kier molecular flexibility index (Phi) is 2.77. The summed E-state index contributed by atoms with van der Waals surface area (Å²) in [5, 5.41) is 0. The Morgan fingerprint density at radius 2 is 2.20 bits per heavy atom. The van der Waals surface area contributed by atoms with Crippen molar-refractivity contribution in [2.45, 2.75) is 6.92 Å². The number of oxazole rings is 1. The standard InChI is InChI=1S/C11H10BrNO2/c1-7-13-6-11(15-7)8-3-4-9(12)10(5-8)14-2/h3-6H,1-2H3. The van der Waals surface area contributed by atoms with Crippen molar-refractivity contribution in [3.8, 4) is 17.1 Å². The van der Waals surface area contributed by atoms with Crippen LogP contribution < -0.4 is 4.74 Å². The maximum Gasteiger partial charge on any atom is 0.191 e. The molecule has 3 nitrogen and oxygen atoms in total. The Bertz CT molecular complexity index is 479. The Balaban J connectivity index is 2.45. The number of hydrogen-bond acceptors (Lipinski definition) is 3.